The molecule has 25 heavy (non-hydrogen) atoms. The molecule has 0 saturated carbocycles. The molecule has 1 aliphatic heterocycles. The Labute approximate surface area is 150 Å². The van der Waals surface area contributed by atoms with Crippen molar-refractivity contribution in [1.82, 2.24) is 0 Å². The maximum absolute atomic E-state index is 10.3. The lowest BCUT2D eigenvalue weighted by atomic mass is 9.81. The first kappa shape index (κ1) is 17.7. The fraction of sp³-hybridized carbons (Fsp3) is 0.455. The van der Waals surface area contributed by atoms with Gasteiger partial charge in [-0.15, -0.1) is 0 Å². The van der Waals surface area contributed by atoms with Crippen molar-refractivity contribution in [3.63, 3.8) is 0 Å². The Kier molecular flexibility index (Phi) is 4.44. The van der Waals surface area contributed by atoms with Crippen molar-refractivity contribution >= 4 is 0 Å². The van der Waals surface area contributed by atoms with E-state index in [0.29, 0.717) is 17.4 Å². The summed E-state index contributed by atoms with van der Waals surface area (Å²) in [6.07, 6.45) is 2.77. The van der Waals surface area contributed by atoms with Crippen LogP contribution in [0, 0.1) is 20.8 Å². The standard InChI is InChI=1S/C22H28O3/c1-13(17-6-8-18(23)9-7-17)12-22(5)11-10-19-16(4)20(24)14(2)15(3)21(19)25-22/h6-9,13,23-24H,10-12H2,1-5H3. The molecular formula is C22H28O3. The van der Waals surface area contributed by atoms with Gasteiger partial charge in [0.05, 0.1) is 0 Å². The van der Waals surface area contributed by atoms with Gasteiger partial charge in [0.1, 0.15) is 22.8 Å². The smallest absolute Gasteiger partial charge is 0.127 e. The minimum absolute atomic E-state index is 0.231. The Hall–Kier alpha value is -2.16. The number of aromatic hydroxyl groups is 2. The summed E-state index contributed by atoms with van der Waals surface area (Å²) >= 11 is 0. The van der Waals surface area contributed by atoms with Gasteiger partial charge in [-0.05, 0) is 87.3 Å². The van der Waals surface area contributed by atoms with Gasteiger partial charge in [-0.3, -0.25) is 0 Å². The van der Waals surface area contributed by atoms with Crippen molar-refractivity contribution in [3.05, 3.63) is 52.1 Å². The second-order valence-electron chi connectivity index (χ2n) is 7.78. The first-order valence-electron chi connectivity index (χ1n) is 9.01. The van der Waals surface area contributed by atoms with Gasteiger partial charge in [-0.1, -0.05) is 19.1 Å². The molecule has 0 aliphatic carbocycles. The van der Waals surface area contributed by atoms with Crippen molar-refractivity contribution in [2.45, 2.75) is 65.4 Å². The summed E-state index contributed by atoms with van der Waals surface area (Å²) in [4.78, 5) is 0. The lowest BCUT2D eigenvalue weighted by molar-refractivity contribution is 0.0491. The van der Waals surface area contributed by atoms with E-state index in [1.165, 1.54) is 5.56 Å². The maximum atomic E-state index is 10.3. The van der Waals surface area contributed by atoms with Crippen molar-refractivity contribution in [2.24, 2.45) is 0 Å². The number of hydrogen-bond donors (Lipinski definition) is 2. The number of fused-ring (bicyclic) bond motifs is 1. The molecule has 2 unspecified atom stereocenters. The second kappa shape index (κ2) is 6.29. The zero-order chi connectivity index (χ0) is 18.4. The van der Waals surface area contributed by atoms with Gasteiger partial charge in [-0.2, -0.15) is 0 Å². The molecular weight excluding hydrogens is 312 g/mol. The Morgan fingerprint density at radius 3 is 2.32 bits per heavy atom. The molecule has 3 rings (SSSR count). The molecule has 1 heterocycles. The molecule has 3 nitrogen and oxygen atoms in total. The second-order valence-corrected chi connectivity index (χ2v) is 7.78. The number of phenolic OH excluding ortho intramolecular Hbond substituents is 2. The third-order valence-corrected chi connectivity index (χ3v) is 5.79. The van der Waals surface area contributed by atoms with Gasteiger partial charge in [0.25, 0.3) is 0 Å². The molecule has 0 amide bonds. The van der Waals surface area contributed by atoms with E-state index >= 15 is 0 Å². The average molecular weight is 340 g/mol. The van der Waals surface area contributed by atoms with E-state index in [0.717, 1.165) is 47.3 Å². The number of phenols is 2. The summed E-state index contributed by atoms with van der Waals surface area (Å²) in [7, 11) is 0. The van der Waals surface area contributed by atoms with E-state index in [1.54, 1.807) is 12.1 Å². The van der Waals surface area contributed by atoms with Crippen LogP contribution in [0.15, 0.2) is 24.3 Å². The largest absolute Gasteiger partial charge is 0.508 e. The molecule has 3 heteroatoms. The molecule has 0 fully saturated rings. The fourth-order valence-electron chi connectivity index (χ4n) is 4.01. The normalized spacial score (nSPS) is 20.7. The molecule has 0 radical (unpaired) electrons. The number of benzene rings is 2. The third-order valence-electron chi connectivity index (χ3n) is 5.79. The summed E-state index contributed by atoms with van der Waals surface area (Å²) in [6, 6.07) is 7.45. The van der Waals surface area contributed by atoms with Gasteiger partial charge in [-0.25, -0.2) is 0 Å². The molecule has 0 bridgehead atoms. The van der Waals surface area contributed by atoms with Crippen molar-refractivity contribution in [3.8, 4) is 17.2 Å². The van der Waals surface area contributed by atoms with E-state index in [-0.39, 0.29) is 5.60 Å². The molecule has 2 aromatic carbocycles. The van der Waals surface area contributed by atoms with Crippen LogP contribution in [0.25, 0.3) is 0 Å². The molecule has 134 valence electrons. The van der Waals surface area contributed by atoms with Crippen molar-refractivity contribution in [2.75, 3.05) is 0 Å². The average Bonchev–Trinajstić information content (AvgIpc) is 2.58. The van der Waals surface area contributed by atoms with Crippen LogP contribution in [0.2, 0.25) is 0 Å². The van der Waals surface area contributed by atoms with Crippen molar-refractivity contribution in [1.29, 1.82) is 0 Å². The van der Waals surface area contributed by atoms with Gasteiger partial charge in [0, 0.05) is 5.56 Å². The first-order valence-corrected chi connectivity index (χ1v) is 9.01. The highest BCUT2D eigenvalue weighted by molar-refractivity contribution is 5.58. The van der Waals surface area contributed by atoms with Crippen LogP contribution in [-0.2, 0) is 6.42 Å². The molecule has 2 aromatic rings. The summed E-state index contributed by atoms with van der Waals surface area (Å²) in [5, 5.41) is 19.8. The third kappa shape index (κ3) is 3.20. The summed E-state index contributed by atoms with van der Waals surface area (Å²) in [6.45, 7) is 10.3. The van der Waals surface area contributed by atoms with Crippen LogP contribution in [0.1, 0.15) is 60.4 Å². The molecule has 1 aliphatic rings. The van der Waals surface area contributed by atoms with Gasteiger partial charge < -0.3 is 14.9 Å². The number of ether oxygens (including phenoxy) is 1. The van der Waals surface area contributed by atoms with Crippen LogP contribution in [0.4, 0.5) is 0 Å². The predicted molar refractivity (Wildman–Crippen MR) is 101 cm³/mol. The quantitative estimate of drug-likeness (QED) is 0.797. The van der Waals surface area contributed by atoms with Crippen LogP contribution >= 0.6 is 0 Å². The topological polar surface area (TPSA) is 49.7 Å². The predicted octanol–water partition coefficient (Wildman–Crippen LogP) is 5.30. The minimum Gasteiger partial charge on any atom is -0.508 e. The van der Waals surface area contributed by atoms with Crippen molar-refractivity contribution < 1.29 is 14.9 Å². The SMILES string of the molecule is Cc1c(C)c2c(c(C)c1O)CCC(C)(CC(C)c1ccc(O)cc1)O2. The Morgan fingerprint density at radius 2 is 1.68 bits per heavy atom. The number of hydrogen-bond acceptors (Lipinski definition) is 3. The Bertz CT molecular complexity index is 792. The van der Waals surface area contributed by atoms with Crippen LogP contribution < -0.4 is 4.74 Å². The van der Waals surface area contributed by atoms with Crippen LogP contribution in [0.5, 0.6) is 17.2 Å². The maximum Gasteiger partial charge on any atom is 0.127 e. The van der Waals surface area contributed by atoms with E-state index in [1.807, 2.05) is 32.9 Å². The highest BCUT2D eigenvalue weighted by Gasteiger charge is 2.35. The molecule has 2 atom stereocenters. The Morgan fingerprint density at radius 1 is 1.04 bits per heavy atom. The summed E-state index contributed by atoms with van der Waals surface area (Å²) < 4.78 is 6.52. The van der Waals surface area contributed by atoms with Gasteiger partial charge in [0.15, 0.2) is 0 Å². The lowest BCUT2D eigenvalue weighted by Gasteiger charge is -2.39. The van der Waals surface area contributed by atoms with Gasteiger partial charge >= 0.3 is 0 Å². The summed E-state index contributed by atoms with van der Waals surface area (Å²) in [5.41, 5.74) is 5.03. The lowest BCUT2D eigenvalue weighted by Crippen LogP contribution is -2.38. The van der Waals surface area contributed by atoms with Crippen LogP contribution in [-0.4, -0.2) is 15.8 Å². The zero-order valence-electron chi connectivity index (χ0n) is 15.8. The van der Waals surface area contributed by atoms with E-state index < -0.39 is 0 Å². The number of rotatable bonds is 3. The molecule has 0 spiro atoms. The Balaban J connectivity index is 1.87. The fourth-order valence-corrected chi connectivity index (χ4v) is 4.01. The molecule has 0 saturated heterocycles. The van der Waals surface area contributed by atoms with E-state index in [9.17, 15) is 10.2 Å². The minimum atomic E-state index is -0.231. The van der Waals surface area contributed by atoms with Crippen LogP contribution in [0.3, 0.4) is 0 Å². The van der Waals surface area contributed by atoms with E-state index in [4.69, 9.17) is 4.74 Å². The molecule has 0 aromatic heterocycles. The zero-order valence-corrected chi connectivity index (χ0v) is 15.8. The highest BCUT2D eigenvalue weighted by Crippen LogP contribution is 2.45. The highest BCUT2D eigenvalue weighted by atomic mass is 16.5. The van der Waals surface area contributed by atoms with E-state index in [2.05, 4.69) is 13.8 Å². The first-order chi connectivity index (χ1) is 11.7. The van der Waals surface area contributed by atoms with Gasteiger partial charge in [0.2, 0.25) is 0 Å². The monoisotopic (exact) mass is 340 g/mol. The summed E-state index contributed by atoms with van der Waals surface area (Å²) in [5.74, 6) is 2.00. The molecule has 2 N–H and O–H groups in total.